The standard InChI is InChI=1S/C24H32N2O3/c1-18(2)16-23(27)26(20-9-5-4-6-10-20)21-12-14-25(15-13-21)17-19-8-7-11-22(29-3)24(19)28/h4-11,18,21,28H,12-17H2,1-3H3. The molecule has 0 unspecified atom stereocenters. The predicted molar refractivity (Wildman–Crippen MR) is 116 cm³/mol. The molecule has 1 saturated heterocycles. The van der Waals surface area contributed by atoms with Crippen molar-refractivity contribution in [2.24, 2.45) is 5.92 Å². The van der Waals surface area contributed by atoms with Crippen LogP contribution in [-0.4, -0.2) is 42.2 Å². The lowest BCUT2D eigenvalue weighted by Gasteiger charge is -2.39. The Bertz CT molecular complexity index is 799. The van der Waals surface area contributed by atoms with Crippen LogP contribution < -0.4 is 9.64 Å². The summed E-state index contributed by atoms with van der Waals surface area (Å²) in [6.07, 6.45) is 2.40. The van der Waals surface area contributed by atoms with Gasteiger partial charge in [-0.15, -0.1) is 0 Å². The number of anilines is 1. The first-order chi connectivity index (χ1) is 14.0. The van der Waals surface area contributed by atoms with Crippen LogP contribution in [0.25, 0.3) is 0 Å². The van der Waals surface area contributed by atoms with Gasteiger partial charge in [-0.3, -0.25) is 9.69 Å². The maximum Gasteiger partial charge on any atom is 0.227 e. The molecule has 1 heterocycles. The quantitative estimate of drug-likeness (QED) is 0.752. The molecule has 0 atom stereocenters. The molecule has 0 radical (unpaired) electrons. The number of hydrogen-bond acceptors (Lipinski definition) is 4. The number of rotatable bonds is 7. The minimum atomic E-state index is 0.204. The normalized spacial score (nSPS) is 15.4. The average molecular weight is 397 g/mol. The molecule has 156 valence electrons. The van der Waals surface area contributed by atoms with E-state index in [2.05, 4.69) is 18.7 Å². The Balaban J connectivity index is 1.68. The van der Waals surface area contributed by atoms with E-state index < -0.39 is 0 Å². The summed E-state index contributed by atoms with van der Waals surface area (Å²) in [5, 5.41) is 10.4. The van der Waals surface area contributed by atoms with Gasteiger partial charge in [0.25, 0.3) is 0 Å². The number of piperidine rings is 1. The third kappa shape index (κ3) is 5.30. The van der Waals surface area contributed by atoms with Gasteiger partial charge < -0.3 is 14.7 Å². The van der Waals surface area contributed by atoms with Gasteiger partial charge in [-0.25, -0.2) is 0 Å². The van der Waals surface area contributed by atoms with Crippen molar-refractivity contribution in [2.75, 3.05) is 25.1 Å². The zero-order valence-corrected chi connectivity index (χ0v) is 17.7. The molecule has 1 fully saturated rings. The van der Waals surface area contributed by atoms with E-state index >= 15 is 0 Å². The second-order valence-electron chi connectivity index (χ2n) is 8.17. The monoisotopic (exact) mass is 396 g/mol. The number of likely N-dealkylation sites (tertiary alicyclic amines) is 1. The van der Waals surface area contributed by atoms with Crippen LogP contribution in [-0.2, 0) is 11.3 Å². The number of phenols is 1. The maximum atomic E-state index is 13.0. The van der Waals surface area contributed by atoms with Crippen LogP contribution in [0.5, 0.6) is 11.5 Å². The Morgan fingerprint density at radius 3 is 2.45 bits per heavy atom. The highest BCUT2D eigenvalue weighted by Gasteiger charge is 2.29. The lowest BCUT2D eigenvalue weighted by molar-refractivity contribution is -0.120. The summed E-state index contributed by atoms with van der Waals surface area (Å²) >= 11 is 0. The van der Waals surface area contributed by atoms with E-state index in [1.54, 1.807) is 13.2 Å². The SMILES string of the molecule is COc1cccc(CN2CCC(N(C(=O)CC(C)C)c3ccccc3)CC2)c1O. The number of carbonyl (C=O) groups excluding carboxylic acids is 1. The van der Waals surface area contributed by atoms with E-state index in [-0.39, 0.29) is 17.7 Å². The first kappa shape index (κ1) is 21.2. The van der Waals surface area contributed by atoms with E-state index in [0.29, 0.717) is 24.6 Å². The van der Waals surface area contributed by atoms with Crippen LogP contribution in [0.15, 0.2) is 48.5 Å². The average Bonchev–Trinajstić information content (AvgIpc) is 2.71. The van der Waals surface area contributed by atoms with E-state index in [1.165, 1.54) is 0 Å². The van der Waals surface area contributed by atoms with E-state index in [4.69, 9.17) is 4.74 Å². The number of benzene rings is 2. The fourth-order valence-corrected chi connectivity index (χ4v) is 4.03. The lowest BCUT2D eigenvalue weighted by Crippen LogP contribution is -2.47. The van der Waals surface area contributed by atoms with Gasteiger partial charge in [0.1, 0.15) is 0 Å². The summed E-state index contributed by atoms with van der Waals surface area (Å²) in [6.45, 7) is 6.63. The molecule has 0 bridgehead atoms. The molecule has 2 aromatic rings. The highest BCUT2D eigenvalue weighted by atomic mass is 16.5. The number of para-hydroxylation sites is 2. The molecule has 1 aliphatic rings. The van der Waals surface area contributed by atoms with E-state index in [0.717, 1.165) is 37.2 Å². The summed E-state index contributed by atoms with van der Waals surface area (Å²) in [7, 11) is 1.57. The van der Waals surface area contributed by atoms with Crippen LogP contribution in [0.1, 0.15) is 38.7 Å². The molecule has 1 N–H and O–H groups in total. The summed E-state index contributed by atoms with van der Waals surface area (Å²) < 4.78 is 5.22. The van der Waals surface area contributed by atoms with Crippen molar-refractivity contribution in [2.45, 2.75) is 45.7 Å². The van der Waals surface area contributed by atoms with Crippen LogP contribution in [0.4, 0.5) is 5.69 Å². The molecular weight excluding hydrogens is 364 g/mol. The Kier molecular flexibility index (Phi) is 7.15. The molecule has 5 nitrogen and oxygen atoms in total. The molecule has 29 heavy (non-hydrogen) atoms. The fraction of sp³-hybridized carbons (Fsp3) is 0.458. The number of hydrogen-bond donors (Lipinski definition) is 1. The summed E-state index contributed by atoms with van der Waals surface area (Å²) in [6, 6.07) is 15.8. The van der Waals surface area contributed by atoms with E-state index in [1.807, 2.05) is 47.4 Å². The highest BCUT2D eigenvalue weighted by molar-refractivity contribution is 5.94. The first-order valence-electron chi connectivity index (χ1n) is 10.4. The minimum absolute atomic E-state index is 0.204. The van der Waals surface area contributed by atoms with Gasteiger partial charge in [-0.05, 0) is 37.0 Å². The van der Waals surface area contributed by atoms with Crippen LogP contribution in [0.3, 0.4) is 0 Å². The number of nitrogens with zero attached hydrogens (tertiary/aromatic N) is 2. The molecule has 0 spiro atoms. The third-order valence-corrected chi connectivity index (χ3v) is 5.50. The smallest absolute Gasteiger partial charge is 0.227 e. The van der Waals surface area contributed by atoms with Crippen molar-refractivity contribution in [1.82, 2.24) is 4.90 Å². The number of carbonyl (C=O) groups is 1. The Hall–Kier alpha value is -2.53. The predicted octanol–water partition coefficient (Wildman–Crippen LogP) is 4.44. The Labute approximate surface area is 173 Å². The third-order valence-electron chi connectivity index (χ3n) is 5.50. The van der Waals surface area contributed by atoms with Gasteiger partial charge >= 0.3 is 0 Å². The minimum Gasteiger partial charge on any atom is -0.504 e. The molecule has 2 aromatic carbocycles. The van der Waals surface area contributed by atoms with Gasteiger partial charge in [0.2, 0.25) is 5.91 Å². The van der Waals surface area contributed by atoms with Gasteiger partial charge in [0.05, 0.1) is 7.11 Å². The number of methoxy groups -OCH3 is 1. The van der Waals surface area contributed by atoms with Crippen LogP contribution in [0.2, 0.25) is 0 Å². The van der Waals surface area contributed by atoms with Crippen molar-refractivity contribution in [1.29, 1.82) is 0 Å². The molecule has 0 saturated carbocycles. The Morgan fingerprint density at radius 1 is 1.14 bits per heavy atom. The number of amides is 1. The fourth-order valence-electron chi connectivity index (χ4n) is 4.03. The number of ether oxygens (including phenoxy) is 1. The number of aromatic hydroxyl groups is 1. The second-order valence-corrected chi connectivity index (χ2v) is 8.17. The molecule has 0 aromatic heterocycles. The van der Waals surface area contributed by atoms with Crippen LogP contribution >= 0.6 is 0 Å². The number of phenolic OH excluding ortho intramolecular Hbond substituents is 1. The highest BCUT2D eigenvalue weighted by Crippen LogP contribution is 2.31. The van der Waals surface area contributed by atoms with Gasteiger partial charge in [-0.1, -0.05) is 44.2 Å². The van der Waals surface area contributed by atoms with E-state index in [9.17, 15) is 9.90 Å². The van der Waals surface area contributed by atoms with Gasteiger partial charge in [0.15, 0.2) is 11.5 Å². The topological polar surface area (TPSA) is 53.0 Å². The zero-order chi connectivity index (χ0) is 20.8. The lowest BCUT2D eigenvalue weighted by atomic mass is 9.99. The summed E-state index contributed by atoms with van der Waals surface area (Å²) in [4.78, 5) is 17.4. The van der Waals surface area contributed by atoms with Crippen molar-refractivity contribution in [3.8, 4) is 11.5 Å². The summed E-state index contributed by atoms with van der Waals surface area (Å²) in [5.41, 5.74) is 1.86. The zero-order valence-electron chi connectivity index (χ0n) is 17.7. The van der Waals surface area contributed by atoms with Crippen molar-refractivity contribution in [3.63, 3.8) is 0 Å². The molecule has 1 aliphatic heterocycles. The second kappa shape index (κ2) is 9.79. The largest absolute Gasteiger partial charge is 0.504 e. The van der Waals surface area contributed by atoms with Gasteiger partial charge in [0, 0.05) is 43.3 Å². The van der Waals surface area contributed by atoms with Crippen molar-refractivity contribution in [3.05, 3.63) is 54.1 Å². The van der Waals surface area contributed by atoms with Gasteiger partial charge in [-0.2, -0.15) is 0 Å². The molecule has 5 heteroatoms. The van der Waals surface area contributed by atoms with Crippen molar-refractivity contribution >= 4 is 11.6 Å². The van der Waals surface area contributed by atoms with Crippen molar-refractivity contribution < 1.29 is 14.6 Å². The first-order valence-corrected chi connectivity index (χ1v) is 10.4. The molecule has 0 aliphatic carbocycles. The maximum absolute atomic E-state index is 13.0. The molecule has 1 amide bonds. The molecule has 3 rings (SSSR count). The summed E-state index contributed by atoms with van der Waals surface area (Å²) in [5.74, 6) is 1.27. The van der Waals surface area contributed by atoms with Crippen LogP contribution in [0, 0.1) is 5.92 Å². The Morgan fingerprint density at radius 2 is 1.83 bits per heavy atom. The molecular formula is C24H32N2O3.